The highest BCUT2D eigenvalue weighted by Crippen LogP contribution is 2.32. The zero-order chi connectivity index (χ0) is 26.8. The number of Topliss-reactive ketones (excluding diaryl/α,β-unsaturated/α-hetero) is 1. The number of aromatic nitrogens is 6. The summed E-state index contributed by atoms with van der Waals surface area (Å²) in [6, 6.07) is 3.34. The highest BCUT2D eigenvalue weighted by Gasteiger charge is 2.31. The van der Waals surface area contributed by atoms with Crippen molar-refractivity contribution >= 4 is 34.4 Å². The summed E-state index contributed by atoms with van der Waals surface area (Å²) in [7, 11) is 1.47. The van der Waals surface area contributed by atoms with Crippen LogP contribution >= 0.6 is 0 Å². The maximum absolute atomic E-state index is 13.4. The van der Waals surface area contributed by atoms with Crippen molar-refractivity contribution in [2.75, 3.05) is 44.8 Å². The number of nitrogens with one attached hydrogen (secondary N) is 1. The fourth-order valence-electron chi connectivity index (χ4n) is 4.46. The second-order valence-corrected chi connectivity index (χ2v) is 8.54. The maximum Gasteiger partial charge on any atom is 0.341 e. The number of piperazine rings is 1. The van der Waals surface area contributed by atoms with Gasteiger partial charge in [0.05, 0.1) is 36.4 Å². The van der Waals surface area contributed by atoms with Gasteiger partial charge >= 0.3 is 5.97 Å². The number of aromatic amines is 1. The predicted molar refractivity (Wildman–Crippen MR) is 136 cm³/mol. The van der Waals surface area contributed by atoms with E-state index in [2.05, 4.69) is 25.0 Å². The molecule has 1 N–H and O–H groups in total. The summed E-state index contributed by atoms with van der Waals surface area (Å²) in [6.07, 6.45) is 6.09. The van der Waals surface area contributed by atoms with Crippen LogP contribution in [-0.2, 0) is 9.53 Å². The minimum Gasteiger partial charge on any atom is -0.494 e. The van der Waals surface area contributed by atoms with Crippen molar-refractivity contribution < 1.29 is 23.9 Å². The normalized spacial score (nSPS) is 13.6. The molecule has 13 nitrogen and oxygen atoms in total. The van der Waals surface area contributed by atoms with Gasteiger partial charge in [-0.25, -0.2) is 24.4 Å². The molecule has 1 fully saturated rings. The van der Waals surface area contributed by atoms with E-state index in [1.165, 1.54) is 35.4 Å². The molecule has 0 unspecified atom stereocenters. The number of esters is 1. The first-order valence-corrected chi connectivity index (χ1v) is 12.1. The lowest BCUT2D eigenvalue weighted by Crippen LogP contribution is -2.51. The Bertz CT molecular complexity index is 1520. The third kappa shape index (κ3) is 4.42. The maximum atomic E-state index is 13.4. The number of rotatable bonds is 7. The molecule has 0 aliphatic carbocycles. The Labute approximate surface area is 217 Å². The van der Waals surface area contributed by atoms with Crippen LogP contribution in [0, 0.1) is 6.92 Å². The Morgan fingerprint density at radius 2 is 1.84 bits per heavy atom. The van der Waals surface area contributed by atoms with E-state index in [1.54, 1.807) is 32.2 Å². The van der Waals surface area contributed by atoms with Crippen molar-refractivity contribution in [1.82, 2.24) is 34.6 Å². The average molecular weight is 519 g/mol. The van der Waals surface area contributed by atoms with Gasteiger partial charge in [0.25, 0.3) is 11.7 Å². The monoisotopic (exact) mass is 518 g/mol. The van der Waals surface area contributed by atoms with Crippen LogP contribution < -0.4 is 9.64 Å². The topological polar surface area (TPSA) is 148 Å². The van der Waals surface area contributed by atoms with Crippen LogP contribution in [0.2, 0.25) is 0 Å². The first-order chi connectivity index (χ1) is 18.4. The number of anilines is 1. The largest absolute Gasteiger partial charge is 0.494 e. The number of fused-ring (bicyclic) bond motifs is 1. The first-order valence-electron chi connectivity index (χ1n) is 12.1. The van der Waals surface area contributed by atoms with Gasteiger partial charge in [-0.15, -0.1) is 0 Å². The lowest BCUT2D eigenvalue weighted by atomic mass is 10.1. The molecule has 4 aromatic heterocycles. The fourth-order valence-corrected chi connectivity index (χ4v) is 4.46. The third-order valence-corrected chi connectivity index (χ3v) is 6.28. The summed E-state index contributed by atoms with van der Waals surface area (Å²) < 4.78 is 12.1. The number of carbonyl (C=O) groups excluding carboxylic acids is 3. The van der Waals surface area contributed by atoms with E-state index >= 15 is 0 Å². The van der Waals surface area contributed by atoms with Gasteiger partial charge in [0.1, 0.15) is 29.3 Å². The van der Waals surface area contributed by atoms with Crippen molar-refractivity contribution in [2.45, 2.75) is 13.8 Å². The lowest BCUT2D eigenvalue weighted by Gasteiger charge is -2.35. The summed E-state index contributed by atoms with van der Waals surface area (Å²) in [4.78, 5) is 58.4. The number of H-pyrrole nitrogens is 1. The molecule has 4 aromatic rings. The van der Waals surface area contributed by atoms with E-state index in [4.69, 9.17) is 9.47 Å². The molecule has 13 heteroatoms. The van der Waals surface area contributed by atoms with Crippen LogP contribution in [0.3, 0.4) is 0 Å². The van der Waals surface area contributed by atoms with Gasteiger partial charge in [0.15, 0.2) is 5.82 Å². The van der Waals surface area contributed by atoms with E-state index in [0.29, 0.717) is 52.8 Å². The van der Waals surface area contributed by atoms with E-state index in [0.717, 1.165) is 0 Å². The second-order valence-electron chi connectivity index (χ2n) is 8.54. The SMILES string of the molecule is CCOC(=O)c1cccnc1N1CCN(C(=O)C(=O)c2c[nH]c3c(-n4cnc(C)n4)ncc(OC)c23)CC1. The van der Waals surface area contributed by atoms with E-state index < -0.39 is 17.7 Å². The number of ketones is 1. The molecule has 1 aliphatic heterocycles. The lowest BCUT2D eigenvalue weighted by molar-refractivity contribution is -0.126. The molecule has 0 aromatic carbocycles. The number of carbonyl (C=O) groups is 3. The molecular weight excluding hydrogens is 492 g/mol. The van der Waals surface area contributed by atoms with Crippen LogP contribution in [-0.4, -0.2) is 92.2 Å². The van der Waals surface area contributed by atoms with Gasteiger partial charge in [-0.1, -0.05) is 0 Å². The number of hydrogen-bond acceptors (Lipinski definition) is 10. The molecule has 38 heavy (non-hydrogen) atoms. The van der Waals surface area contributed by atoms with Gasteiger partial charge in [0.2, 0.25) is 0 Å². The molecule has 0 bridgehead atoms. The van der Waals surface area contributed by atoms with Crippen LogP contribution in [0.15, 0.2) is 37.1 Å². The van der Waals surface area contributed by atoms with E-state index in [1.807, 2.05) is 4.90 Å². The minimum absolute atomic E-state index is 0.180. The molecule has 0 saturated carbocycles. The Hall–Kier alpha value is -4.81. The molecule has 0 spiro atoms. The van der Waals surface area contributed by atoms with Crippen LogP contribution in [0.1, 0.15) is 33.5 Å². The number of ether oxygens (including phenoxy) is 2. The molecule has 1 saturated heterocycles. The third-order valence-electron chi connectivity index (χ3n) is 6.28. The van der Waals surface area contributed by atoms with Crippen molar-refractivity contribution in [2.24, 2.45) is 0 Å². The van der Waals surface area contributed by atoms with Crippen LogP contribution in [0.25, 0.3) is 16.7 Å². The van der Waals surface area contributed by atoms with Crippen LogP contribution in [0.4, 0.5) is 5.82 Å². The molecule has 1 aliphatic rings. The van der Waals surface area contributed by atoms with Gasteiger partial charge in [-0.05, 0) is 26.0 Å². The van der Waals surface area contributed by atoms with Gasteiger partial charge in [-0.3, -0.25) is 9.59 Å². The molecule has 196 valence electrons. The number of methoxy groups -OCH3 is 1. The Kier molecular flexibility index (Phi) is 6.73. The van der Waals surface area contributed by atoms with Crippen molar-refractivity contribution in [3.8, 4) is 11.6 Å². The minimum atomic E-state index is -0.667. The van der Waals surface area contributed by atoms with Gasteiger partial charge in [0, 0.05) is 38.6 Å². The Morgan fingerprint density at radius 1 is 1.05 bits per heavy atom. The number of amides is 1. The summed E-state index contributed by atoms with van der Waals surface area (Å²) in [6.45, 7) is 5.13. The van der Waals surface area contributed by atoms with E-state index in [-0.39, 0.29) is 25.3 Å². The first kappa shape index (κ1) is 24.9. The summed E-state index contributed by atoms with van der Waals surface area (Å²) in [5.41, 5.74) is 1.04. The number of aryl methyl sites for hydroxylation is 1. The Balaban J connectivity index is 1.36. The smallest absolute Gasteiger partial charge is 0.341 e. The predicted octanol–water partition coefficient (Wildman–Crippen LogP) is 1.56. The Morgan fingerprint density at radius 3 is 2.53 bits per heavy atom. The number of hydrogen-bond donors (Lipinski definition) is 1. The number of pyridine rings is 2. The van der Waals surface area contributed by atoms with E-state index in [9.17, 15) is 14.4 Å². The molecular formula is C25H26N8O5. The van der Waals surface area contributed by atoms with Crippen molar-refractivity contribution in [1.29, 1.82) is 0 Å². The molecule has 0 radical (unpaired) electrons. The summed E-state index contributed by atoms with van der Waals surface area (Å²) >= 11 is 0. The number of nitrogens with zero attached hydrogens (tertiary/aromatic N) is 7. The molecule has 0 atom stereocenters. The quantitative estimate of drug-likeness (QED) is 0.217. The standard InChI is InChI=1S/C25H26N8O5/c1-4-38-25(36)16-6-5-7-26-22(16)31-8-10-32(11-9-31)24(35)21(34)17-12-27-20-19(17)18(37-3)13-28-23(20)33-14-29-15(2)30-33/h5-7,12-14,27H,4,8-11H2,1-3H3. The molecule has 1 amide bonds. The second kappa shape index (κ2) is 10.3. The van der Waals surface area contributed by atoms with Gasteiger partial charge < -0.3 is 24.3 Å². The summed E-state index contributed by atoms with van der Waals surface area (Å²) in [5.74, 6) is 0.0857. The summed E-state index contributed by atoms with van der Waals surface area (Å²) in [5, 5.41) is 4.73. The zero-order valence-electron chi connectivity index (χ0n) is 21.2. The fraction of sp³-hybridized carbons (Fsp3) is 0.320. The molecule has 5 heterocycles. The van der Waals surface area contributed by atoms with Crippen molar-refractivity contribution in [3.05, 3.63) is 54.0 Å². The van der Waals surface area contributed by atoms with Gasteiger partial charge in [-0.2, -0.15) is 5.10 Å². The average Bonchev–Trinajstić information content (AvgIpc) is 3.59. The highest BCUT2D eigenvalue weighted by molar-refractivity contribution is 6.45. The molecule has 5 rings (SSSR count). The zero-order valence-corrected chi connectivity index (χ0v) is 21.2. The van der Waals surface area contributed by atoms with Crippen LogP contribution in [0.5, 0.6) is 5.75 Å². The van der Waals surface area contributed by atoms with Crippen molar-refractivity contribution in [3.63, 3.8) is 0 Å². The highest BCUT2D eigenvalue weighted by atomic mass is 16.5.